The molecule has 1 rings (SSSR count). The van der Waals surface area contributed by atoms with Crippen LogP contribution in [0.3, 0.4) is 0 Å². The summed E-state index contributed by atoms with van der Waals surface area (Å²) < 4.78 is 0. The van der Waals surface area contributed by atoms with Gasteiger partial charge in [-0.3, -0.25) is 0 Å². The van der Waals surface area contributed by atoms with Gasteiger partial charge in [-0.2, -0.15) is 0 Å². The first-order valence-corrected chi connectivity index (χ1v) is 5.15. The molecule has 0 bridgehead atoms. The van der Waals surface area contributed by atoms with Crippen molar-refractivity contribution in [3.63, 3.8) is 0 Å². The van der Waals surface area contributed by atoms with Gasteiger partial charge in [0.25, 0.3) is 0 Å². The van der Waals surface area contributed by atoms with Gasteiger partial charge in [0.2, 0.25) is 0 Å². The summed E-state index contributed by atoms with van der Waals surface area (Å²) in [4.78, 5) is 0. The van der Waals surface area contributed by atoms with E-state index in [1.807, 2.05) is 7.05 Å². The number of benzene rings is 1. The lowest BCUT2D eigenvalue weighted by molar-refractivity contribution is 0.442. The van der Waals surface area contributed by atoms with Crippen LogP contribution in [0.2, 0.25) is 0 Å². The fraction of sp³-hybridized carbons (Fsp3) is 0.538. The maximum atomic E-state index is 3.35. The van der Waals surface area contributed by atoms with Gasteiger partial charge in [0.1, 0.15) is 0 Å². The standard InChI is InChI=1S/C13H21N/c1-9-7-11(3)12(8-10(9)2)13(4,5)14-6/h7-8,14H,1-6H3. The van der Waals surface area contributed by atoms with Crippen LogP contribution in [0.25, 0.3) is 0 Å². The molecule has 1 aromatic carbocycles. The summed E-state index contributed by atoms with van der Waals surface area (Å²) in [5.74, 6) is 0. The Labute approximate surface area is 87.5 Å². The van der Waals surface area contributed by atoms with Gasteiger partial charge in [-0.05, 0) is 63.9 Å². The molecule has 0 atom stereocenters. The van der Waals surface area contributed by atoms with Gasteiger partial charge in [0, 0.05) is 5.54 Å². The number of hydrogen-bond donors (Lipinski definition) is 1. The number of rotatable bonds is 2. The van der Waals surface area contributed by atoms with E-state index in [1.54, 1.807) is 0 Å². The van der Waals surface area contributed by atoms with Crippen LogP contribution < -0.4 is 5.32 Å². The summed E-state index contributed by atoms with van der Waals surface area (Å²) in [6.07, 6.45) is 0. The molecule has 0 aliphatic heterocycles. The number of nitrogens with one attached hydrogen (secondary N) is 1. The lowest BCUT2D eigenvalue weighted by atomic mass is 9.88. The largest absolute Gasteiger partial charge is 0.311 e. The highest BCUT2D eigenvalue weighted by Crippen LogP contribution is 2.25. The van der Waals surface area contributed by atoms with Crippen molar-refractivity contribution < 1.29 is 0 Å². The average Bonchev–Trinajstić information content (AvgIpc) is 2.11. The molecular formula is C13H21N. The molecule has 78 valence electrons. The van der Waals surface area contributed by atoms with Crippen LogP contribution in [0.1, 0.15) is 36.1 Å². The minimum atomic E-state index is 0.0581. The third-order valence-electron chi connectivity index (χ3n) is 3.14. The molecule has 0 fully saturated rings. The Balaban J connectivity index is 3.29. The smallest absolute Gasteiger partial charge is 0.0377 e. The lowest BCUT2D eigenvalue weighted by Gasteiger charge is -2.27. The summed E-state index contributed by atoms with van der Waals surface area (Å²) in [5, 5.41) is 3.35. The second kappa shape index (κ2) is 3.74. The van der Waals surface area contributed by atoms with Gasteiger partial charge in [-0.1, -0.05) is 12.1 Å². The first-order valence-electron chi connectivity index (χ1n) is 5.15. The summed E-state index contributed by atoms with van der Waals surface area (Å²) in [7, 11) is 2.01. The van der Waals surface area contributed by atoms with Crippen molar-refractivity contribution >= 4 is 0 Å². The summed E-state index contributed by atoms with van der Waals surface area (Å²) in [6.45, 7) is 10.9. The van der Waals surface area contributed by atoms with Crippen LogP contribution in [-0.2, 0) is 5.54 Å². The topological polar surface area (TPSA) is 12.0 Å². The molecule has 1 aromatic rings. The molecule has 1 N–H and O–H groups in total. The Morgan fingerprint density at radius 3 is 1.93 bits per heavy atom. The first-order chi connectivity index (χ1) is 6.38. The van der Waals surface area contributed by atoms with Crippen LogP contribution in [0.4, 0.5) is 0 Å². The van der Waals surface area contributed by atoms with Crippen LogP contribution in [-0.4, -0.2) is 7.05 Å². The summed E-state index contributed by atoms with van der Waals surface area (Å²) in [5.41, 5.74) is 5.56. The van der Waals surface area contributed by atoms with E-state index < -0.39 is 0 Å². The number of hydrogen-bond acceptors (Lipinski definition) is 1. The minimum absolute atomic E-state index is 0.0581. The number of aryl methyl sites for hydroxylation is 3. The second-order valence-corrected chi connectivity index (χ2v) is 4.63. The van der Waals surface area contributed by atoms with Crippen molar-refractivity contribution in [3.05, 3.63) is 34.4 Å². The third kappa shape index (κ3) is 1.98. The van der Waals surface area contributed by atoms with Gasteiger partial charge in [0.05, 0.1) is 0 Å². The molecule has 0 radical (unpaired) electrons. The summed E-state index contributed by atoms with van der Waals surface area (Å²) in [6, 6.07) is 4.56. The normalized spacial score (nSPS) is 11.9. The zero-order valence-corrected chi connectivity index (χ0v) is 10.2. The van der Waals surface area contributed by atoms with Crippen molar-refractivity contribution in [2.24, 2.45) is 0 Å². The van der Waals surface area contributed by atoms with Crippen LogP contribution in [0.5, 0.6) is 0 Å². The molecular weight excluding hydrogens is 170 g/mol. The minimum Gasteiger partial charge on any atom is -0.311 e. The molecule has 0 aliphatic carbocycles. The van der Waals surface area contributed by atoms with Crippen molar-refractivity contribution in [1.29, 1.82) is 0 Å². The molecule has 0 spiro atoms. The van der Waals surface area contributed by atoms with Crippen LogP contribution in [0, 0.1) is 20.8 Å². The monoisotopic (exact) mass is 191 g/mol. The van der Waals surface area contributed by atoms with Crippen molar-refractivity contribution in [3.8, 4) is 0 Å². The van der Waals surface area contributed by atoms with Gasteiger partial charge in [-0.15, -0.1) is 0 Å². The van der Waals surface area contributed by atoms with Crippen LogP contribution in [0.15, 0.2) is 12.1 Å². The molecule has 1 nitrogen and oxygen atoms in total. The zero-order chi connectivity index (χ0) is 10.9. The highest BCUT2D eigenvalue weighted by atomic mass is 14.9. The van der Waals surface area contributed by atoms with E-state index in [0.29, 0.717) is 0 Å². The van der Waals surface area contributed by atoms with E-state index in [0.717, 1.165) is 0 Å². The molecule has 0 aromatic heterocycles. The van der Waals surface area contributed by atoms with E-state index >= 15 is 0 Å². The molecule has 0 heterocycles. The molecule has 0 saturated carbocycles. The van der Waals surface area contributed by atoms with Gasteiger partial charge >= 0.3 is 0 Å². The molecule has 0 saturated heterocycles. The van der Waals surface area contributed by atoms with E-state index in [2.05, 4.69) is 52.1 Å². The van der Waals surface area contributed by atoms with Crippen molar-refractivity contribution in [2.75, 3.05) is 7.05 Å². The molecule has 14 heavy (non-hydrogen) atoms. The average molecular weight is 191 g/mol. The molecule has 0 aliphatic rings. The Kier molecular flexibility index (Phi) is 3.01. The second-order valence-electron chi connectivity index (χ2n) is 4.63. The molecule has 1 heteroatoms. The van der Waals surface area contributed by atoms with Gasteiger partial charge < -0.3 is 5.32 Å². The fourth-order valence-electron chi connectivity index (χ4n) is 1.77. The quantitative estimate of drug-likeness (QED) is 0.757. The third-order valence-corrected chi connectivity index (χ3v) is 3.14. The van der Waals surface area contributed by atoms with Crippen LogP contribution >= 0.6 is 0 Å². The van der Waals surface area contributed by atoms with Crippen molar-refractivity contribution in [2.45, 2.75) is 40.2 Å². The SMILES string of the molecule is CNC(C)(C)c1cc(C)c(C)cc1C. The summed E-state index contributed by atoms with van der Waals surface area (Å²) >= 11 is 0. The Hall–Kier alpha value is -0.820. The molecule has 0 unspecified atom stereocenters. The fourth-order valence-corrected chi connectivity index (χ4v) is 1.77. The van der Waals surface area contributed by atoms with Gasteiger partial charge in [0.15, 0.2) is 0 Å². The maximum Gasteiger partial charge on any atom is 0.0377 e. The lowest BCUT2D eigenvalue weighted by Crippen LogP contribution is -2.34. The Morgan fingerprint density at radius 1 is 0.929 bits per heavy atom. The van der Waals surface area contributed by atoms with E-state index in [-0.39, 0.29) is 5.54 Å². The van der Waals surface area contributed by atoms with Gasteiger partial charge in [-0.25, -0.2) is 0 Å². The Morgan fingerprint density at radius 2 is 1.43 bits per heavy atom. The van der Waals surface area contributed by atoms with E-state index in [9.17, 15) is 0 Å². The highest BCUT2D eigenvalue weighted by Gasteiger charge is 2.20. The Bertz CT molecular complexity index is 337. The maximum absolute atomic E-state index is 3.35. The highest BCUT2D eigenvalue weighted by molar-refractivity contribution is 5.39. The zero-order valence-electron chi connectivity index (χ0n) is 10.2. The van der Waals surface area contributed by atoms with Crippen molar-refractivity contribution in [1.82, 2.24) is 5.32 Å². The predicted molar refractivity (Wildman–Crippen MR) is 62.7 cm³/mol. The van der Waals surface area contributed by atoms with E-state index in [1.165, 1.54) is 22.3 Å². The molecule has 0 amide bonds. The predicted octanol–water partition coefficient (Wildman–Crippen LogP) is 3.07. The van der Waals surface area contributed by atoms with E-state index in [4.69, 9.17) is 0 Å². The first kappa shape index (κ1) is 11.3.